The van der Waals surface area contributed by atoms with Crippen LogP contribution in [0.15, 0.2) is 48.0 Å². The van der Waals surface area contributed by atoms with E-state index in [9.17, 15) is 17.2 Å². The van der Waals surface area contributed by atoms with Crippen LogP contribution in [0.1, 0.15) is 29.3 Å². The summed E-state index contributed by atoms with van der Waals surface area (Å²) in [5, 5.41) is 0. The molecule has 34 heavy (non-hydrogen) atoms. The van der Waals surface area contributed by atoms with E-state index >= 15 is 4.39 Å². The molecule has 0 spiro atoms. The highest BCUT2D eigenvalue weighted by atomic mass is 32.2. The minimum Gasteiger partial charge on any atom is -0.343 e. The first-order valence-corrected chi connectivity index (χ1v) is 11.9. The summed E-state index contributed by atoms with van der Waals surface area (Å²) in [5.74, 6) is -2.57. The van der Waals surface area contributed by atoms with Gasteiger partial charge in [-0.3, -0.25) is 9.71 Å². The molecule has 5 rings (SSSR count). The normalized spacial score (nSPS) is 15.8. The second-order valence-corrected chi connectivity index (χ2v) is 9.68. The maximum Gasteiger partial charge on any atom is 0.263 e. The van der Waals surface area contributed by atoms with Crippen LogP contribution in [0, 0.1) is 24.4 Å². The van der Waals surface area contributed by atoms with E-state index in [2.05, 4.69) is 24.7 Å². The van der Waals surface area contributed by atoms with Gasteiger partial charge in [-0.2, -0.15) is 0 Å². The molecule has 1 aliphatic heterocycles. The molecule has 3 aromatic heterocycles. The highest BCUT2D eigenvalue weighted by Gasteiger charge is 2.30. The van der Waals surface area contributed by atoms with Gasteiger partial charge in [0.25, 0.3) is 10.0 Å². The van der Waals surface area contributed by atoms with Gasteiger partial charge in [0, 0.05) is 36.1 Å². The SMILES string of the molecule is Cc1ncc(F)cc1S(=O)(=O)Nc1ccc(F)c(C2CCc3c(-c4ncc[nH]4)ncn3C2)c1F. The van der Waals surface area contributed by atoms with Gasteiger partial charge in [-0.05, 0) is 38.0 Å². The third kappa shape index (κ3) is 3.83. The van der Waals surface area contributed by atoms with Crippen LogP contribution in [0.2, 0.25) is 0 Å². The summed E-state index contributed by atoms with van der Waals surface area (Å²) in [4.78, 5) is 14.9. The molecule has 1 unspecified atom stereocenters. The number of fused-ring (bicyclic) bond motifs is 1. The van der Waals surface area contributed by atoms with E-state index < -0.39 is 44.0 Å². The molecule has 8 nitrogen and oxygen atoms in total. The molecule has 1 aliphatic rings. The Morgan fingerprint density at radius 1 is 1.18 bits per heavy atom. The fourth-order valence-electron chi connectivity index (χ4n) is 4.28. The number of sulfonamides is 1. The van der Waals surface area contributed by atoms with Gasteiger partial charge in [0.1, 0.15) is 22.2 Å². The van der Waals surface area contributed by atoms with Crippen LogP contribution in [-0.2, 0) is 23.0 Å². The van der Waals surface area contributed by atoms with Crippen LogP contribution in [0.5, 0.6) is 0 Å². The number of hydrogen-bond acceptors (Lipinski definition) is 5. The van der Waals surface area contributed by atoms with Crippen LogP contribution in [-0.4, -0.2) is 32.9 Å². The van der Waals surface area contributed by atoms with Crippen molar-refractivity contribution in [1.29, 1.82) is 0 Å². The van der Waals surface area contributed by atoms with Gasteiger partial charge in [0.15, 0.2) is 11.6 Å². The quantitative estimate of drug-likeness (QED) is 0.443. The number of imidazole rings is 2. The van der Waals surface area contributed by atoms with Crippen molar-refractivity contribution in [2.24, 2.45) is 0 Å². The van der Waals surface area contributed by atoms with E-state index in [-0.39, 0.29) is 17.8 Å². The number of nitrogens with zero attached hydrogens (tertiary/aromatic N) is 4. The predicted octanol–water partition coefficient (Wildman–Crippen LogP) is 3.92. The molecule has 1 aromatic carbocycles. The second kappa shape index (κ2) is 8.28. The minimum atomic E-state index is -4.36. The first-order chi connectivity index (χ1) is 16.2. The summed E-state index contributed by atoms with van der Waals surface area (Å²) in [6.45, 7) is 1.65. The number of aryl methyl sites for hydroxylation is 1. The highest BCUT2D eigenvalue weighted by molar-refractivity contribution is 7.92. The monoisotopic (exact) mass is 488 g/mol. The van der Waals surface area contributed by atoms with E-state index in [0.717, 1.165) is 30.1 Å². The van der Waals surface area contributed by atoms with Crippen LogP contribution in [0.3, 0.4) is 0 Å². The Morgan fingerprint density at radius 2 is 2.00 bits per heavy atom. The van der Waals surface area contributed by atoms with Crippen molar-refractivity contribution in [2.75, 3.05) is 4.72 Å². The van der Waals surface area contributed by atoms with Crippen molar-refractivity contribution in [3.05, 3.63) is 77.5 Å². The zero-order valence-electron chi connectivity index (χ0n) is 17.9. The largest absolute Gasteiger partial charge is 0.343 e. The Kier molecular flexibility index (Phi) is 5.39. The van der Waals surface area contributed by atoms with Crippen LogP contribution in [0.25, 0.3) is 11.5 Å². The zero-order chi connectivity index (χ0) is 24.0. The van der Waals surface area contributed by atoms with Gasteiger partial charge >= 0.3 is 0 Å². The minimum absolute atomic E-state index is 0.0453. The maximum atomic E-state index is 15.5. The lowest BCUT2D eigenvalue weighted by Crippen LogP contribution is -2.22. The number of H-pyrrole nitrogens is 1. The summed E-state index contributed by atoms with van der Waals surface area (Å²) in [7, 11) is -4.36. The van der Waals surface area contributed by atoms with Crippen LogP contribution >= 0.6 is 0 Å². The molecule has 0 saturated heterocycles. The third-order valence-electron chi connectivity index (χ3n) is 5.89. The molecular weight excluding hydrogens is 469 g/mol. The van der Waals surface area contributed by atoms with Crippen molar-refractivity contribution in [3.8, 4) is 11.5 Å². The number of nitrogens with one attached hydrogen (secondary N) is 2. The Balaban J connectivity index is 1.46. The van der Waals surface area contributed by atoms with Gasteiger partial charge in [-0.15, -0.1) is 0 Å². The van der Waals surface area contributed by atoms with Gasteiger partial charge in [0.05, 0.1) is 23.9 Å². The predicted molar refractivity (Wildman–Crippen MR) is 117 cm³/mol. The molecule has 1 atom stereocenters. The molecular formula is C22H19F3N6O2S. The summed E-state index contributed by atoms with van der Waals surface area (Å²) in [6.07, 6.45) is 6.72. The Bertz CT molecular complexity index is 1480. The number of anilines is 1. The van der Waals surface area contributed by atoms with Crippen LogP contribution in [0.4, 0.5) is 18.9 Å². The Morgan fingerprint density at radius 3 is 2.76 bits per heavy atom. The van der Waals surface area contributed by atoms with Gasteiger partial charge in [-0.25, -0.2) is 31.6 Å². The fourth-order valence-corrected chi connectivity index (χ4v) is 5.54. The molecule has 4 aromatic rings. The summed E-state index contributed by atoms with van der Waals surface area (Å²) < 4.78 is 73.3. The number of aromatic nitrogens is 5. The number of rotatable bonds is 5. The van der Waals surface area contributed by atoms with E-state index in [1.807, 2.05) is 4.57 Å². The zero-order valence-corrected chi connectivity index (χ0v) is 18.7. The molecule has 0 aliphatic carbocycles. The van der Waals surface area contributed by atoms with Crippen molar-refractivity contribution in [2.45, 2.75) is 37.1 Å². The highest BCUT2D eigenvalue weighted by Crippen LogP contribution is 2.37. The summed E-state index contributed by atoms with van der Waals surface area (Å²) in [6, 6.07) is 2.82. The third-order valence-corrected chi connectivity index (χ3v) is 7.37. The van der Waals surface area contributed by atoms with E-state index in [1.165, 1.54) is 6.92 Å². The number of pyridine rings is 1. The molecule has 0 radical (unpaired) electrons. The van der Waals surface area contributed by atoms with E-state index in [0.29, 0.717) is 24.4 Å². The second-order valence-electron chi connectivity index (χ2n) is 8.03. The number of aromatic amines is 1. The van der Waals surface area contributed by atoms with Gasteiger partial charge in [-0.1, -0.05) is 0 Å². The molecule has 0 amide bonds. The summed E-state index contributed by atoms with van der Waals surface area (Å²) >= 11 is 0. The van der Waals surface area contributed by atoms with Crippen LogP contribution < -0.4 is 4.72 Å². The standard InChI is InChI=1S/C22H19F3N6O2S/c1-12-18(8-14(23)9-28-12)34(32,33)30-16-4-3-15(24)19(20(16)25)13-2-5-17-21(22-26-6-7-27-22)29-11-31(17)10-13/h3-4,6-9,11,13,30H,2,5,10H2,1H3,(H,26,27). The van der Waals surface area contributed by atoms with Crippen molar-refractivity contribution >= 4 is 15.7 Å². The average Bonchev–Trinajstić information content (AvgIpc) is 3.47. The lowest BCUT2D eigenvalue weighted by molar-refractivity contribution is 0.427. The first-order valence-electron chi connectivity index (χ1n) is 10.4. The molecule has 176 valence electrons. The summed E-state index contributed by atoms with van der Waals surface area (Å²) in [5.41, 5.74) is 0.993. The van der Waals surface area contributed by atoms with E-state index in [1.54, 1.807) is 18.7 Å². The van der Waals surface area contributed by atoms with Crippen molar-refractivity contribution in [1.82, 2.24) is 24.5 Å². The Labute approximate surface area is 193 Å². The topological polar surface area (TPSA) is 106 Å². The van der Waals surface area contributed by atoms with Gasteiger partial charge in [0.2, 0.25) is 0 Å². The number of hydrogen-bond donors (Lipinski definition) is 2. The molecule has 4 heterocycles. The molecule has 0 saturated carbocycles. The molecule has 12 heteroatoms. The van der Waals surface area contributed by atoms with E-state index in [4.69, 9.17) is 0 Å². The number of halogens is 3. The smallest absolute Gasteiger partial charge is 0.263 e. The first kappa shape index (κ1) is 22.1. The maximum absolute atomic E-state index is 15.5. The van der Waals surface area contributed by atoms with Crippen molar-refractivity contribution in [3.63, 3.8) is 0 Å². The number of benzene rings is 1. The lowest BCUT2D eigenvalue weighted by Gasteiger charge is -2.26. The van der Waals surface area contributed by atoms with Gasteiger partial charge < -0.3 is 9.55 Å². The Hall–Kier alpha value is -3.67. The molecule has 0 bridgehead atoms. The lowest BCUT2D eigenvalue weighted by atomic mass is 9.89. The fraction of sp³-hybridized carbons (Fsp3) is 0.227. The molecule has 2 N–H and O–H groups in total. The van der Waals surface area contributed by atoms with Crippen molar-refractivity contribution < 1.29 is 21.6 Å². The molecule has 0 fully saturated rings. The average molecular weight is 488 g/mol.